The number of aliphatic imine (C=N–C) groups is 1. The van der Waals surface area contributed by atoms with Crippen molar-refractivity contribution < 1.29 is 121 Å². The summed E-state index contributed by atoms with van der Waals surface area (Å²) in [4.78, 5) is 99.0. The molecule has 36 heteroatoms. The Kier molecular flexibility index (Phi) is 56.2. The zero-order chi connectivity index (χ0) is 101. The van der Waals surface area contributed by atoms with E-state index < -0.39 is 72.5 Å². The number of aromatic nitrogens is 3. The predicted molar refractivity (Wildman–Crippen MR) is 535 cm³/mol. The number of amides is 1. The van der Waals surface area contributed by atoms with Crippen molar-refractivity contribution in [2.75, 3.05) is 18.1 Å². The number of isothiocyanates is 1. The van der Waals surface area contributed by atoms with Crippen LogP contribution in [0.1, 0.15) is 168 Å². The van der Waals surface area contributed by atoms with Crippen LogP contribution in [0.25, 0.3) is 44.3 Å². The number of carbonyl (C=O) groups is 6. The first-order valence-corrected chi connectivity index (χ1v) is 48.3. The molecular formula is C100H122BrClN7O24PS2. The highest BCUT2D eigenvalue weighted by atomic mass is 79.9. The number of benzene rings is 5. The second-order valence-electron chi connectivity index (χ2n) is 31.4. The van der Waals surface area contributed by atoms with Gasteiger partial charge >= 0.3 is 59.6 Å². The van der Waals surface area contributed by atoms with Crippen molar-refractivity contribution in [2.24, 2.45) is 40.0 Å². The van der Waals surface area contributed by atoms with Crippen molar-refractivity contribution in [3.8, 4) is 17.2 Å². The number of phenols is 3. The third-order valence-electron chi connectivity index (χ3n) is 19.8. The number of aliphatic carboxylic acids is 5. The standard InChI is InChI=1S/C14H17NO3.C9H5BrClNO.2C9H7NO.C8H7NS.C8H14.C8H12.C7H8.C6H8O7.C5H4N2.2C5H8O2.C4H8.C3H7O3P.H2O4S/c1-3-17-13-10-9-11-7-5-6-8-12(11)15(13)14(16)18-4-2;10-6-4-7(11)5-2-1-3-12-8(5)9(6)13;2*11-8-5-1-3-7-4-2-6-10-9(7)8;10-7-9-6-8-4-2-1-3-5-8;2*1-2-4-6-8-7-5-3-1;1-2-7-4-3-6(1)5-7;7-3(8)1-6(13,5(11)12)2-4(9)10;6-7-5-3-1-2-4-5;1-5(2-3-5)4(6)7;1-3-2-4(3)5(6)7;1-4-2-3-4;1-2-3-7(4,5)6;1-5(2,3)4/h5-10,13H,3-4H2,1-2H3;1-4,13H;2*1-6,11H;1-5H,6H2;1-2H,3-8H2;1-4H,5-8H2;1-4,6-7H,5H2;13H,1-2H2,(H,7,8)(H,9,10)(H,11,12);1-4H;2-3H2,1H3,(H,6,7);3-4H,2H2,1H3,(H,6,7);4H,2-3H2,1H3;2-3H,1H3,(H2,4,5,6);(H2,1,2,3,4). The monoisotopic (exact) mass is 2010 g/mol. The largest absolute Gasteiger partial charge is 0.506 e. The molecular weight excluding hydrogens is 1890 g/mol. The van der Waals surface area contributed by atoms with Gasteiger partial charge in [-0.05, 0) is 222 Å². The maximum atomic E-state index is 12.0. The van der Waals surface area contributed by atoms with E-state index in [1.54, 1.807) is 92.8 Å². The van der Waals surface area contributed by atoms with Gasteiger partial charge in [0, 0.05) is 59.3 Å². The molecule has 0 saturated heterocycles. The molecule has 0 radical (unpaired) electrons. The first-order chi connectivity index (χ1) is 64.6. The summed E-state index contributed by atoms with van der Waals surface area (Å²) >= 11 is 13.6. The van der Waals surface area contributed by atoms with Crippen LogP contribution in [0.15, 0.2) is 265 Å². The number of phenolic OH excluding ortho intramolecular Hbond substituents is 3. The Balaban J connectivity index is 0.000000380. The fourth-order valence-corrected chi connectivity index (χ4v) is 13.1. The molecule has 732 valence electrons. The van der Waals surface area contributed by atoms with E-state index in [0.29, 0.717) is 57.4 Å². The van der Waals surface area contributed by atoms with Gasteiger partial charge in [0.2, 0.25) is 0 Å². The van der Waals surface area contributed by atoms with Gasteiger partial charge in [-0.15, -0.1) is 0 Å². The smallest absolute Gasteiger partial charge is 0.416 e. The number of para-hydroxylation sites is 3. The molecule has 9 aliphatic rings. The highest BCUT2D eigenvalue weighted by Crippen LogP contribution is 2.45. The van der Waals surface area contributed by atoms with Crippen LogP contribution in [0, 0.1) is 35.0 Å². The fraction of sp³-hybridized carbons (Fsp3) is 0.350. The Hall–Kier alpha value is -12.1. The Bertz CT molecular complexity index is 5500. The van der Waals surface area contributed by atoms with Crippen LogP contribution in [0.2, 0.25) is 5.02 Å². The summed E-state index contributed by atoms with van der Waals surface area (Å²) < 4.78 is 52.6. The van der Waals surface area contributed by atoms with Gasteiger partial charge < -0.3 is 70.8 Å². The minimum absolute atomic E-state index is 0.0139. The first kappa shape index (κ1) is 118. The molecule has 2 bridgehead atoms. The Morgan fingerprint density at radius 3 is 1.49 bits per heavy atom. The molecule has 0 spiro atoms. The van der Waals surface area contributed by atoms with Gasteiger partial charge in [-0.3, -0.25) is 47.8 Å². The Morgan fingerprint density at radius 2 is 1.12 bits per heavy atom. The van der Waals surface area contributed by atoms with Gasteiger partial charge in [-0.1, -0.05) is 221 Å². The number of aliphatic hydroxyl groups is 1. The summed E-state index contributed by atoms with van der Waals surface area (Å²) in [6.45, 7) is 12.8. The van der Waals surface area contributed by atoms with Crippen LogP contribution >= 0.6 is 47.3 Å². The second-order valence-corrected chi connectivity index (χ2v) is 35.2. The summed E-state index contributed by atoms with van der Waals surface area (Å²) in [7, 11) is -8.51. The predicted octanol–water partition coefficient (Wildman–Crippen LogP) is 22.5. The van der Waals surface area contributed by atoms with Crippen LogP contribution in [0.5, 0.6) is 17.2 Å². The van der Waals surface area contributed by atoms with Crippen LogP contribution in [-0.4, -0.2) is 165 Å². The zero-order valence-electron chi connectivity index (χ0n) is 76.6. The van der Waals surface area contributed by atoms with Crippen LogP contribution < -0.4 is 4.90 Å². The number of allylic oxidation sites excluding steroid dienone is 15. The summed E-state index contributed by atoms with van der Waals surface area (Å²) in [5.41, 5.74) is 10.4. The van der Waals surface area contributed by atoms with E-state index in [9.17, 15) is 48.7 Å². The topological polar surface area (TPSA) is 526 Å². The minimum atomic E-state index is -4.67. The average Bonchev–Trinajstić information content (AvgIpc) is 1.72. The highest BCUT2D eigenvalue weighted by Gasteiger charge is 2.45. The van der Waals surface area contributed by atoms with Crippen molar-refractivity contribution in [3.63, 3.8) is 0 Å². The van der Waals surface area contributed by atoms with Crippen LogP contribution in [0.3, 0.4) is 0 Å². The van der Waals surface area contributed by atoms with Gasteiger partial charge in [-0.2, -0.15) is 13.2 Å². The van der Waals surface area contributed by atoms with E-state index >= 15 is 0 Å². The van der Waals surface area contributed by atoms with E-state index in [1.165, 1.54) is 95.1 Å². The third-order valence-corrected chi connectivity index (χ3v) is 21.6. The van der Waals surface area contributed by atoms with Crippen LogP contribution in [0.4, 0.5) is 10.5 Å². The Labute approximate surface area is 811 Å². The molecule has 3 unspecified atom stereocenters. The number of hydrogen-bond acceptors (Lipinski definition) is 20. The van der Waals surface area contributed by atoms with E-state index in [0.717, 1.165) is 70.2 Å². The number of carbonyl (C=O) groups excluding carboxylic acids is 1. The van der Waals surface area contributed by atoms with E-state index in [2.05, 4.69) is 126 Å². The number of carboxylic acids is 5. The molecule has 8 aromatic rings. The average molecular weight is 2020 g/mol. The summed E-state index contributed by atoms with van der Waals surface area (Å²) in [5, 5.41) is 84.2. The molecule has 136 heavy (non-hydrogen) atoms. The lowest BCUT2D eigenvalue weighted by Gasteiger charge is -2.32. The second kappa shape index (κ2) is 64.8. The molecule has 3 atom stereocenters. The molecule has 1 aliphatic heterocycles. The lowest BCUT2D eigenvalue weighted by Crippen LogP contribution is -2.43. The molecule has 3 fully saturated rings. The number of thiocarbonyl (C=S) groups is 1. The maximum Gasteiger partial charge on any atom is 0.416 e. The van der Waals surface area contributed by atoms with Gasteiger partial charge in [0.15, 0.2) is 17.6 Å². The zero-order valence-corrected chi connectivity index (χ0v) is 81.5. The van der Waals surface area contributed by atoms with Crippen molar-refractivity contribution >= 4 is 149 Å². The number of halogens is 2. The number of fused-ring (bicyclic) bond motifs is 6. The number of anilines is 1. The molecule has 1 amide bonds. The summed E-state index contributed by atoms with van der Waals surface area (Å²) in [6, 6.07) is 41.1. The summed E-state index contributed by atoms with van der Waals surface area (Å²) in [5.74, 6) is -1.71. The fourth-order valence-electron chi connectivity index (χ4n) is 11.9. The number of pyridine rings is 3. The van der Waals surface area contributed by atoms with Gasteiger partial charge in [0.1, 0.15) is 28.0 Å². The van der Waals surface area contributed by atoms with Gasteiger partial charge in [0.05, 0.1) is 57.7 Å². The van der Waals surface area contributed by atoms with Crippen molar-refractivity contribution in [1.82, 2.24) is 15.0 Å². The number of aromatic hydroxyl groups is 3. The van der Waals surface area contributed by atoms with Gasteiger partial charge in [0.25, 0.3) is 0 Å². The molecule has 31 nitrogen and oxygen atoms in total. The quantitative estimate of drug-likeness (QED) is 0.00969. The first-order valence-electron chi connectivity index (χ1n) is 43.7. The molecule has 5 aromatic carbocycles. The maximum absolute atomic E-state index is 12.0. The Morgan fingerprint density at radius 1 is 0.662 bits per heavy atom. The van der Waals surface area contributed by atoms with Crippen molar-refractivity contribution in [3.05, 3.63) is 281 Å². The van der Waals surface area contributed by atoms with E-state index in [4.69, 9.17) is 84.6 Å². The molecule has 3 saturated carbocycles. The lowest BCUT2D eigenvalue weighted by atomic mass is 9.96. The molecule has 4 heterocycles. The highest BCUT2D eigenvalue weighted by molar-refractivity contribution is 9.10. The number of hydrogen-bond donors (Lipinski definition) is 13. The van der Waals surface area contributed by atoms with Crippen molar-refractivity contribution in [2.45, 2.75) is 175 Å². The number of ether oxygens (including phenoxy) is 2. The summed E-state index contributed by atoms with van der Waals surface area (Å²) in [6.07, 6.45) is 57.2. The minimum Gasteiger partial charge on any atom is -0.506 e. The number of nitrogens with zero attached hydrogens (tertiary/aromatic N) is 7. The lowest BCUT2D eigenvalue weighted by molar-refractivity contribution is -0.170. The van der Waals surface area contributed by atoms with E-state index in [-0.39, 0.29) is 34.7 Å². The van der Waals surface area contributed by atoms with Crippen molar-refractivity contribution in [1.29, 1.82) is 0 Å². The van der Waals surface area contributed by atoms with Crippen LogP contribution in [-0.2, 0) is 55.0 Å². The van der Waals surface area contributed by atoms with Gasteiger partial charge in [-0.25, -0.2) is 19.5 Å². The SMILES string of the molecule is C1=CC2C=CC1C2.C1=CCCCCC=C1.C1=CCCCCCC1.CC1(C(=O)O)CC1.CC1CC1.CC1CC1C(=O)O.CC=CP(=O)(O)O.CCOC(=O)N1c2ccccc2C=CC1OCC.O=C(O)CC(O)(CC(=O)O)C(=O)O.O=S(=O)(O)O.Oc1c(Br)cc(Cl)c2cccnc12.Oc1cccc2cccnc12.Oc1cccc2cccnc12.S=C=NCc1ccccc1.[N-]=[N+]=C1C=CC=C1. The molecule has 13 N–H and O–H groups in total. The number of carboxylic acid groups (broad SMARTS) is 5. The normalized spacial score (nSPS) is 17.2. The molecule has 8 aliphatic carbocycles. The van der Waals surface area contributed by atoms with E-state index in [1.807, 2.05) is 135 Å². The number of rotatable bonds is 13. The third kappa shape index (κ3) is 51.6. The molecule has 17 rings (SSSR count). The molecule has 3 aromatic heterocycles.